The fourth-order valence-electron chi connectivity index (χ4n) is 1.61. The number of aromatic nitrogens is 1. The second-order valence-electron chi connectivity index (χ2n) is 4.78. The second kappa shape index (κ2) is 7.13. The number of thioether (sulfide) groups is 1. The molecule has 1 heterocycles. The quantitative estimate of drug-likeness (QED) is 0.598. The Hall–Kier alpha value is -1.28. The summed E-state index contributed by atoms with van der Waals surface area (Å²) in [4.78, 5) is 15.1. The van der Waals surface area contributed by atoms with Crippen LogP contribution in [0.4, 0.5) is 13.2 Å². The van der Waals surface area contributed by atoms with Gasteiger partial charge in [0.25, 0.3) is 0 Å². The summed E-state index contributed by atoms with van der Waals surface area (Å²) in [6.07, 6.45) is -2.31. The summed E-state index contributed by atoms with van der Waals surface area (Å²) < 4.78 is 37.1. The van der Waals surface area contributed by atoms with Gasteiger partial charge in [-0.2, -0.15) is 13.2 Å². The van der Waals surface area contributed by atoms with Crippen LogP contribution in [0.3, 0.4) is 0 Å². The summed E-state index contributed by atoms with van der Waals surface area (Å²) in [7, 11) is 1.66. The molecule has 1 amide bonds. The molecule has 0 spiro atoms. The summed E-state index contributed by atoms with van der Waals surface area (Å²) in [6.45, 7) is 1.72. The second-order valence-corrected chi connectivity index (χ2v) is 5.90. The summed E-state index contributed by atoms with van der Waals surface area (Å²) in [5, 5.41) is 3.40. The third-order valence-electron chi connectivity index (χ3n) is 3.23. The molecule has 0 saturated carbocycles. The highest BCUT2D eigenvalue weighted by Crippen LogP contribution is 2.29. The first kappa shape index (κ1) is 17.8. The van der Waals surface area contributed by atoms with Crippen LogP contribution in [-0.4, -0.2) is 29.2 Å². The molecule has 0 fully saturated rings. The third-order valence-corrected chi connectivity index (χ3v) is 4.26. The van der Waals surface area contributed by atoms with Crippen molar-refractivity contribution in [1.29, 1.82) is 0 Å². The van der Waals surface area contributed by atoms with Gasteiger partial charge in [-0.1, -0.05) is 0 Å². The summed E-state index contributed by atoms with van der Waals surface area (Å²) >= 11 is 1.34. The number of pyridine rings is 1. The van der Waals surface area contributed by atoms with E-state index in [0.29, 0.717) is 23.6 Å². The van der Waals surface area contributed by atoms with E-state index in [1.807, 2.05) is 0 Å². The van der Waals surface area contributed by atoms with Crippen LogP contribution in [-0.2, 0) is 11.0 Å². The lowest BCUT2D eigenvalue weighted by Gasteiger charge is -2.25. The van der Waals surface area contributed by atoms with Crippen LogP contribution in [0.1, 0.15) is 25.3 Å². The Morgan fingerprint density at radius 2 is 2.10 bits per heavy atom. The number of hydrogen-bond donors (Lipinski definition) is 2. The molecule has 0 bridgehead atoms. The van der Waals surface area contributed by atoms with E-state index in [0.717, 1.165) is 12.3 Å². The summed E-state index contributed by atoms with van der Waals surface area (Å²) in [5.41, 5.74) is 3.77. The molecule has 0 aromatic carbocycles. The summed E-state index contributed by atoms with van der Waals surface area (Å²) in [5.74, 6) is 0.214. The van der Waals surface area contributed by atoms with Gasteiger partial charge in [-0.15, -0.1) is 11.8 Å². The molecule has 1 aromatic heterocycles. The number of halogens is 3. The Kier molecular flexibility index (Phi) is 6.03. The van der Waals surface area contributed by atoms with Crippen LogP contribution in [0.25, 0.3) is 0 Å². The number of carbonyl (C=O) groups excluding carboxylic acids is 1. The predicted octanol–water partition coefficient (Wildman–Crippen LogP) is 2.44. The number of likely N-dealkylation sites (N-methyl/N-ethyl adjacent to an activating group) is 1. The number of nitrogens with one attached hydrogen (secondary N) is 1. The Morgan fingerprint density at radius 3 is 2.52 bits per heavy atom. The maximum atomic E-state index is 12.4. The maximum absolute atomic E-state index is 12.4. The highest BCUT2D eigenvalue weighted by molar-refractivity contribution is 7.99. The average Bonchev–Trinajstić information content (AvgIpc) is 2.42. The van der Waals surface area contributed by atoms with Crippen molar-refractivity contribution in [3.8, 4) is 0 Å². The van der Waals surface area contributed by atoms with Crippen molar-refractivity contribution in [3.05, 3.63) is 23.9 Å². The molecule has 3 N–H and O–H groups in total. The zero-order valence-electron chi connectivity index (χ0n) is 11.8. The molecule has 8 heteroatoms. The molecule has 0 aliphatic rings. The zero-order chi connectivity index (χ0) is 16.1. The number of nitrogens with zero attached hydrogens (tertiary/aromatic N) is 1. The minimum Gasteiger partial charge on any atom is -0.368 e. The van der Waals surface area contributed by atoms with Crippen LogP contribution in [0.5, 0.6) is 0 Å². The van der Waals surface area contributed by atoms with Crippen LogP contribution < -0.4 is 11.1 Å². The van der Waals surface area contributed by atoms with E-state index in [1.165, 1.54) is 17.8 Å². The first-order chi connectivity index (χ1) is 9.69. The van der Waals surface area contributed by atoms with E-state index in [-0.39, 0.29) is 0 Å². The van der Waals surface area contributed by atoms with E-state index in [2.05, 4.69) is 10.3 Å². The van der Waals surface area contributed by atoms with Gasteiger partial charge in [-0.3, -0.25) is 4.79 Å². The fraction of sp³-hybridized carbons (Fsp3) is 0.538. The van der Waals surface area contributed by atoms with Crippen LogP contribution in [0, 0.1) is 0 Å². The third kappa shape index (κ3) is 5.20. The molecule has 21 heavy (non-hydrogen) atoms. The lowest BCUT2D eigenvalue weighted by atomic mass is 9.96. The molecule has 0 aliphatic carbocycles. The smallest absolute Gasteiger partial charge is 0.368 e. The normalized spacial score (nSPS) is 14.7. The molecule has 4 nitrogen and oxygen atoms in total. The van der Waals surface area contributed by atoms with Crippen LogP contribution in [0.2, 0.25) is 0 Å². The minimum absolute atomic E-state index is 0.428. The minimum atomic E-state index is -4.37. The number of carbonyl (C=O) groups is 1. The van der Waals surface area contributed by atoms with Crippen molar-refractivity contribution in [1.82, 2.24) is 10.3 Å². The molecule has 118 valence electrons. The van der Waals surface area contributed by atoms with Gasteiger partial charge in [0.05, 0.1) is 16.1 Å². The first-order valence-electron chi connectivity index (χ1n) is 6.34. The van der Waals surface area contributed by atoms with Crippen molar-refractivity contribution in [3.63, 3.8) is 0 Å². The van der Waals surface area contributed by atoms with Crippen molar-refractivity contribution in [2.24, 2.45) is 5.73 Å². The van der Waals surface area contributed by atoms with Gasteiger partial charge in [0.2, 0.25) is 5.91 Å². The standard InChI is InChI=1S/C13H18F3N3OS/c1-12(18-2,11(17)20)6-3-7-21-10-5-4-9(8-19-10)13(14,15)16/h4-5,8,18H,3,6-7H2,1-2H3,(H2,17,20). The SMILES string of the molecule is CNC(C)(CCCSc1ccc(C(F)(F)F)cn1)C(N)=O. The number of rotatable bonds is 7. The number of hydrogen-bond acceptors (Lipinski definition) is 4. The monoisotopic (exact) mass is 321 g/mol. The molecule has 0 saturated heterocycles. The average molecular weight is 321 g/mol. The number of primary amides is 1. The van der Waals surface area contributed by atoms with Gasteiger partial charge < -0.3 is 11.1 Å². The molecule has 1 aromatic rings. The Labute approximate surface area is 125 Å². The molecule has 1 atom stereocenters. The number of amides is 1. The highest BCUT2D eigenvalue weighted by Gasteiger charge is 2.30. The Balaban J connectivity index is 2.45. The molecule has 1 unspecified atom stereocenters. The van der Waals surface area contributed by atoms with Crippen molar-refractivity contribution in [2.75, 3.05) is 12.8 Å². The molecular weight excluding hydrogens is 303 g/mol. The molecular formula is C13H18F3N3OS. The van der Waals surface area contributed by atoms with E-state index >= 15 is 0 Å². The number of nitrogens with two attached hydrogens (primary N) is 1. The largest absolute Gasteiger partial charge is 0.417 e. The van der Waals surface area contributed by atoms with E-state index in [1.54, 1.807) is 14.0 Å². The molecule has 0 radical (unpaired) electrons. The maximum Gasteiger partial charge on any atom is 0.417 e. The molecule has 0 aliphatic heterocycles. The van der Waals surface area contributed by atoms with Gasteiger partial charge in [0, 0.05) is 6.20 Å². The lowest BCUT2D eigenvalue weighted by Crippen LogP contribution is -2.51. The van der Waals surface area contributed by atoms with Gasteiger partial charge in [-0.05, 0) is 44.7 Å². The van der Waals surface area contributed by atoms with E-state index in [4.69, 9.17) is 5.73 Å². The Bertz CT molecular complexity index is 479. The van der Waals surface area contributed by atoms with Gasteiger partial charge >= 0.3 is 6.18 Å². The van der Waals surface area contributed by atoms with E-state index < -0.39 is 23.2 Å². The molecule has 1 rings (SSSR count). The highest BCUT2D eigenvalue weighted by atomic mass is 32.2. The van der Waals surface area contributed by atoms with Crippen molar-refractivity contribution < 1.29 is 18.0 Å². The predicted molar refractivity (Wildman–Crippen MR) is 75.9 cm³/mol. The van der Waals surface area contributed by atoms with Crippen molar-refractivity contribution in [2.45, 2.75) is 36.5 Å². The van der Waals surface area contributed by atoms with E-state index in [9.17, 15) is 18.0 Å². The first-order valence-corrected chi connectivity index (χ1v) is 7.32. The van der Waals surface area contributed by atoms with Gasteiger partial charge in [0.1, 0.15) is 0 Å². The van der Waals surface area contributed by atoms with Crippen LogP contribution in [0.15, 0.2) is 23.4 Å². The zero-order valence-corrected chi connectivity index (χ0v) is 12.6. The fourth-order valence-corrected chi connectivity index (χ4v) is 2.40. The van der Waals surface area contributed by atoms with Gasteiger partial charge in [0.15, 0.2) is 0 Å². The van der Waals surface area contributed by atoms with Gasteiger partial charge in [-0.25, -0.2) is 4.98 Å². The number of alkyl halides is 3. The topological polar surface area (TPSA) is 68.0 Å². The van der Waals surface area contributed by atoms with Crippen LogP contribution >= 0.6 is 11.8 Å². The Morgan fingerprint density at radius 1 is 1.43 bits per heavy atom. The summed E-state index contributed by atoms with van der Waals surface area (Å²) in [6, 6.07) is 2.36. The van der Waals surface area contributed by atoms with Crippen molar-refractivity contribution >= 4 is 17.7 Å². The lowest BCUT2D eigenvalue weighted by molar-refractivity contribution is -0.137.